The number of carbonyl (C=O) groups is 1. The summed E-state index contributed by atoms with van der Waals surface area (Å²) in [5.41, 5.74) is -0.407. The quantitative estimate of drug-likeness (QED) is 0.897. The Kier molecular flexibility index (Phi) is 5.55. The maximum atomic E-state index is 12.4. The number of sulfonamides is 1. The van der Waals surface area contributed by atoms with Crippen molar-refractivity contribution in [2.45, 2.75) is 44.6 Å². The Bertz CT molecular complexity index is 670. The highest BCUT2D eigenvalue weighted by atomic mass is 32.2. The van der Waals surface area contributed by atoms with Crippen LogP contribution in [0.3, 0.4) is 0 Å². The van der Waals surface area contributed by atoms with Gasteiger partial charge in [0, 0.05) is 24.5 Å². The van der Waals surface area contributed by atoms with Gasteiger partial charge < -0.3 is 9.64 Å². The molecule has 1 saturated heterocycles. The van der Waals surface area contributed by atoms with Crippen LogP contribution < -0.4 is 9.46 Å². The second-order valence-corrected chi connectivity index (χ2v) is 8.83. The predicted octanol–water partition coefficient (Wildman–Crippen LogP) is 2.01. The number of ether oxygens (including phenoxy) is 1. The van der Waals surface area contributed by atoms with E-state index >= 15 is 0 Å². The molecule has 1 N–H and O–H groups in total. The fourth-order valence-electron chi connectivity index (χ4n) is 2.72. The summed E-state index contributed by atoms with van der Waals surface area (Å²) in [4.78, 5) is 14.3. The van der Waals surface area contributed by atoms with Crippen molar-refractivity contribution in [3.05, 3.63) is 24.3 Å². The monoisotopic (exact) mass is 354 g/mol. The van der Waals surface area contributed by atoms with Gasteiger partial charge in [-0.15, -0.1) is 0 Å². The average molecular weight is 354 g/mol. The number of amides is 1. The molecule has 0 radical (unpaired) electrons. The van der Waals surface area contributed by atoms with Gasteiger partial charge in [0.1, 0.15) is 5.75 Å². The highest BCUT2D eigenvalue weighted by molar-refractivity contribution is 7.89. The van der Waals surface area contributed by atoms with E-state index in [0.717, 1.165) is 0 Å². The Hall–Kier alpha value is -1.60. The number of hydrogen-bond acceptors (Lipinski definition) is 4. The van der Waals surface area contributed by atoms with Crippen molar-refractivity contribution in [2.24, 2.45) is 5.41 Å². The molecular weight excluding hydrogens is 328 g/mol. The summed E-state index contributed by atoms with van der Waals surface area (Å²) in [6.45, 7) is 6.84. The van der Waals surface area contributed by atoms with E-state index in [9.17, 15) is 13.2 Å². The molecule has 0 unspecified atom stereocenters. The van der Waals surface area contributed by atoms with Gasteiger partial charge in [0.15, 0.2) is 0 Å². The first-order valence-corrected chi connectivity index (χ1v) is 9.57. The highest BCUT2D eigenvalue weighted by Crippen LogP contribution is 2.22. The summed E-state index contributed by atoms with van der Waals surface area (Å²) in [5, 5.41) is 0. The van der Waals surface area contributed by atoms with Crippen LogP contribution in [0.25, 0.3) is 0 Å². The van der Waals surface area contributed by atoms with Gasteiger partial charge in [0.2, 0.25) is 15.9 Å². The fraction of sp³-hybridized carbons (Fsp3) is 0.588. The van der Waals surface area contributed by atoms with Crippen LogP contribution in [0.4, 0.5) is 0 Å². The average Bonchev–Trinajstić information content (AvgIpc) is 2.54. The Morgan fingerprint density at radius 3 is 2.17 bits per heavy atom. The summed E-state index contributed by atoms with van der Waals surface area (Å²) in [5.74, 6) is 0.724. The fourth-order valence-corrected chi connectivity index (χ4v) is 4.02. The molecule has 2 rings (SSSR count). The second-order valence-electron chi connectivity index (χ2n) is 7.11. The molecule has 1 aliphatic rings. The van der Waals surface area contributed by atoms with Gasteiger partial charge >= 0.3 is 0 Å². The van der Waals surface area contributed by atoms with Crippen molar-refractivity contribution in [1.29, 1.82) is 0 Å². The molecule has 0 spiro atoms. The van der Waals surface area contributed by atoms with Crippen molar-refractivity contribution in [3.8, 4) is 5.75 Å². The topological polar surface area (TPSA) is 75.7 Å². The van der Waals surface area contributed by atoms with Gasteiger partial charge in [-0.1, -0.05) is 20.8 Å². The Morgan fingerprint density at radius 2 is 1.71 bits per heavy atom. The first-order valence-electron chi connectivity index (χ1n) is 8.09. The summed E-state index contributed by atoms with van der Waals surface area (Å²) < 4.78 is 32.7. The number of likely N-dealkylation sites (tertiary alicyclic amines) is 1. The third-order valence-electron chi connectivity index (χ3n) is 4.12. The van der Waals surface area contributed by atoms with E-state index in [4.69, 9.17) is 4.74 Å². The van der Waals surface area contributed by atoms with Crippen molar-refractivity contribution in [2.75, 3.05) is 20.2 Å². The smallest absolute Gasteiger partial charge is 0.240 e. The number of benzene rings is 1. The number of hydrogen-bond donors (Lipinski definition) is 1. The Balaban J connectivity index is 1.96. The van der Waals surface area contributed by atoms with E-state index in [-0.39, 0.29) is 16.8 Å². The highest BCUT2D eigenvalue weighted by Gasteiger charge is 2.31. The van der Waals surface area contributed by atoms with Crippen molar-refractivity contribution in [3.63, 3.8) is 0 Å². The molecule has 1 aromatic rings. The van der Waals surface area contributed by atoms with E-state index in [1.54, 1.807) is 12.1 Å². The lowest BCUT2D eigenvalue weighted by Crippen LogP contribution is -2.49. The van der Waals surface area contributed by atoms with E-state index in [0.29, 0.717) is 31.7 Å². The minimum Gasteiger partial charge on any atom is -0.497 e. The molecule has 6 nitrogen and oxygen atoms in total. The predicted molar refractivity (Wildman–Crippen MR) is 92.4 cm³/mol. The Labute approximate surface area is 144 Å². The van der Waals surface area contributed by atoms with Gasteiger partial charge in [-0.2, -0.15) is 0 Å². The minimum absolute atomic E-state index is 0.110. The lowest BCUT2D eigenvalue weighted by atomic mass is 9.93. The zero-order valence-electron chi connectivity index (χ0n) is 14.7. The van der Waals surface area contributed by atoms with Gasteiger partial charge in [-0.25, -0.2) is 13.1 Å². The maximum Gasteiger partial charge on any atom is 0.240 e. The van der Waals surface area contributed by atoms with Crippen LogP contribution in [-0.4, -0.2) is 45.5 Å². The number of nitrogens with zero attached hydrogens (tertiary/aromatic N) is 1. The lowest BCUT2D eigenvalue weighted by molar-refractivity contribution is -0.140. The molecule has 7 heteroatoms. The molecule has 1 aromatic carbocycles. The van der Waals surface area contributed by atoms with Gasteiger partial charge in [-0.05, 0) is 37.1 Å². The van der Waals surface area contributed by atoms with Gasteiger partial charge in [0.25, 0.3) is 0 Å². The summed E-state index contributed by atoms with van der Waals surface area (Å²) in [6, 6.07) is 6.15. The normalized spacial score (nSPS) is 16.9. The Morgan fingerprint density at radius 1 is 1.17 bits per heavy atom. The number of nitrogens with one attached hydrogen (secondary N) is 1. The molecule has 0 saturated carbocycles. The molecule has 0 bridgehead atoms. The zero-order chi connectivity index (χ0) is 18.0. The molecule has 24 heavy (non-hydrogen) atoms. The molecule has 1 amide bonds. The third-order valence-corrected chi connectivity index (χ3v) is 5.65. The van der Waals surface area contributed by atoms with Crippen LogP contribution in [0, 0.1) is 5.41 Å². The van der Waals surface area contributed by atoms with E-state index in [2.05, 4.69) is 4.72 Å². The van der Waals surface area contributed by atoms with Crippen LogP contribution in [0.5, 0.6) is 5.75 Å². The molecule has 1 heterocycles. The van der Waals surface area contributed by atoms with Gasteiger partial charge in [0.05, 0.1) is 12.0 Å². The zero-order valence-corrected chi connectivity index (χ0v) is 15.5. The molecule has 134 valence electrons. The summed E-state index contributed by atoms with van der Waals surface area (Å²) in [7, 11) is -2.02. The maximum absolute atomic E-state index is 12.4. The number of carbonyl (C=O) groups excluding carboxylic acids is 1. The van der Waals surface area contributed by atoms with Crippen LogP contribution in [0.2, 0.25) is 0 Å². The number of rotatable bonds is 4. The first-order chi connectivity index (χ1) is 11.1. The molecular formula is C17H26N2O4S. The van der Waals surface area contributed by atoms with E-state index < -0.39 is 15.4 Å². The largest absolute Gasteiger partial charge is 0.497 e. The third kappa shape index (κ3) is 4.48. The standard InChI is InChI=1S/C17H26N2O4S/c1-17(2,3)16(20)19-11-9-13(10-12-19)18-24(21,22)15-7-5-14(23-4)6-8-15/h5-8,13,18H,9-12H2,1-4H3. The molecule has 0 aliphatic carbocycles. The van der Waals surface area contributed by atoms with Crippen LogP contribution >= 0.6 is 0 Å². The first kappa shape index (κ1) is 18.7. The minimum atomic E-state index is -3.56. The number of piperidine rings is 1. The van der Waals surface area contributed by atoms with Crippen molar-refractivity contribution < 1.29 is 17.9 Å². The summed E-state index contributed by atoms with van der Waals surface area (Å²) >= 11 is 0. The van der Waals surface area contributed by atoms with Crippen molar-refractivity contribution >= 4 is 15.9 Å². The SMILES string of the molecule is COc1ccc(S(=O)(=O)NC2CCN(C(=O)C(C)(C)C)CC2)cc1. The van der Waals surface area contributed by atoms with Crippen molar-refractivity contribution in [1.82, 2.24) is 9.62 Å². The van der Waals surface area contributed by atoms with Crippen LogP contribution in [0.1, 0.15) is 33.6 Å². The molecule has 1 fully saturated rings. The summed E-state index contributed by atoms with van der Waals surface area (Å²) in [6.07, 6.45) is 1.24. The molecule has 1 aliphatic heterocycles. The molecule has 0 aromatic heterocycles. The van der Waals surface area contributed by atoms with E-state index in [1.807, 2.05) is 25.7 Å². The second kappa shape index (κ2) is 7.11. The number of methoxy groups -OCH3 is 1. The van der Waals surface area contributed by atoms with E-state index in [1.165, 1.54) is 19.2 Å². The van der Waals surface area contributed by atoms with Gasteiger partial charge in [-0.3, -0.25) is 4.79 Å². The van der Waals surface area contributed by atoms with Crippen LogP contribution in [0.15, 0.2) is 29.2 Å². The lowest BCUT2D eigenvalue weighted by Gasteiger charge is -2.35. The molecule has 0 atom stereocenters. The van der Waals surface area contributed by atoms with Crippen LogP contribution in [-0.2, 0) is 14.8 Å².